The van der Waals surface area contributed by atoms with Crippen molar-refractivity contribution in [1.82, 2.24) is 0 Å². The molecular formula is C43H84O10. The average Bonchev–Trinajstić information content (AvgIpc) is 3.16. The maximum atomic E-state index is 12.6. The van der Waals surface area contributed by atoms with E-state index >= 15 is 0 Å². The van der Waals surface area contributed by atoms with Crippen LogP contribution in [0.25, 0.3) is 0 Å². The molecule has 0 amide bonds. The summed E-state index contributed by atoms with van der Waals surface area (Å²) in [6, 6.07) is 0. The Kier molecular flexibility index (Phi) is 43.3. The smallest absolute Gasteiger partial charge is 0.306 e. The maximum absolute atomic E-state index is 12.6. The Morgan fingerprint density at radius 2 is 0.642 bits per heavy atom. The summed E-state index contributed by atoms with van der Waals surface area (Å²) < 4.78 is 16.5. The Balaban J connectivity index is 0. The third-order valence-corrected chi connectivity index (χ3v) is 9.43. The van der Waals surface area contributed by atoms with E-state index in [0.717, 1.165) is 57.8 Å². The minimum Gasteiger partial charge on any atom is -0.462 e. The molecule has 0 saturated carbocycles. The highest BCUT2D eigenvalue weighted by Gasteiger charge is 2.19. The van der Waals surface area contributed by atoms with Gasteiger partial charge in [-0.15, -0.1) is 0 Å². The van der Waals surface area contributed by atoms with Gasteiger partial charge in [-0.2, -0.15) is 0 Å². The molecule has 53 heavy (non-hydrogen) atoms. The number of carbonyl (C=O) groups excluding carboxylic acids is 3. The Bertz CT molecular complexity index is 747. The Morgan fingerprint density at radius 1 is 0.396 bits per heavy atom. The molecule has 0 aliphatic carbocycles. The first-order valence-electron chi connectivity index (χ1n) is 21.8. The molecule has 0 bridgehead atoms. The van der Waals surface area contributed by atoms with Crippen LogP contribution in [0.5, 0.6) is 0 Å². The SMILES string of the molecule is CCCCCCCCCCCC(=O)OCC(COC(=O)CCCCCCCCCCC)OC(=O)CCCCCCCCCCC.OCC(O)C(O)CO. The van der Waals surface area contributed by atoms with Gasteiger partial charge < -0.3 is 34.6 Å². The molecule has 0 fully saturated rings. The van der Waals surface area contributed by atoms with Crippen molar-refractivity contribution in [3.63, 3.8) is 0 Å². The van der Waals surface area contributed by atoms with Crippen LogP contribution in [-0.2, 0) is 28.6 Å². The average molecular weight is 761 g/mol. The third kappa shape index (κ3) is 41.3. The zero-order valence-electron chi connectivity index (χ0n) is 34.5. The Morgan fingerprint density at radius 3 is 0.906 bits per heavy atom. The van der Waals surface area contributed by atoms with Crippen LogP contribution >= 0.6 is 0 Å². The first-order valence-corrected chi connectivity index (χ1v) is 21.8. The number of esters is 3. The van der Waals surface area contributed by atoms with Crippen molar-refractivity contribution in [3.05, 3.63) is 0 Å². The molecule has 0 saturated heterocycles. The lowest BCUT2D eigenvalue weighted by atomic mass is 10.1. The van der Waals surface area contributed by atoms with Gasteiger partial charge in [0, 0.05) is 19.3 Å². The second-order valence-electron chi connectivity index (χ2n) is 14.7. The number of aliphatic hydroxyl groups excluding tert-OH is 4. The number of carbonyl (C=O) groups is 3. The molecule has 0 aliphatic heterocycles. The van der Waals surface area contributed by atoms with E-state index < -0.39 is 31.5 Å². The highest BCUT2D eigenvalue weighted by Crippen LogP contribution is 2.14. The molecule has 0 aliphatic rings. The van der Waals surface area contributed by atoms with E-state index in [0.29, 0.717) is 19.3 Å². The third-order valence-electron chi connectivity index (χ3n) is 9.43. The number of hydrogen-bond acceptors (Lipinski definition) is 10. The summed E-state index contributed by atoms with van der Waals surface area (Å²) in [5, 5.41) is 33.2. The van der Waals surface area contributed by atoms with Crippen molar-refractivity contribution in [3.8, 4) is 0 Å². The van der Waals surface area contributed by atoms with Crippen LogP contribution in [0.15, 0.2) is 0 Å². The van der Waals surface area contributed by atoms with Crippen molar-refractivity contribution < 1.29 is 49.0 Å². The second-order valence-corrected chi connectivity index (χ2v) is 14.7. The molecule has 10 nitrogen and oxygen atoms in total. The molecule has 10 heteroatoms. The van der Waals surface area contributed by atoms with Gasteiger partial charge in [0.25, 0.3) is 0 Å². The normalized spacial score (nSPS) is 12.2. The fourth-order valence-corrected chi connectivity index (χ4v) is 5.86. The topological polar surface area (TPSA) is 160 Å². The zero-order chi connectivity index (χ0) is 39.6. The molecule has 2 atom stereocenters. The van der Waals surface area contributed by atoms with Gasteiger partial charge in [-0.3, -0.25) is 14.4 Å². The van der Waals surface area contributed by atoms with Gasteiger partial charge in [0.15, 0.2) is 6.10 Å². The first-order chi connectivity index (χ1) is 25.7. The van der Waals surface area contributed by atoms with Crippen LogP contribution in [0.3, 0.4) is 0 Å². The highest BCUT2D eigenvalue weighted by atomic mass is 16.6. The summed E-state index contributed by atoms with van der Waals surface area (Å²) in [7, 11) is 0. The number of unbranched alkanes of at least 4 members (excludes halogenated alkanes) is 24. The Labute approximate surface area is 324 Å². The monoisotopic (exact) mass is 761 g/mol. The van der Waals surface area contributed by atoms with Crippen molar-refractivity contribution >= 4 is 17.9 Å². The van der Waals surface area contributed by atoms with Gasteiger partial charge in [-0.25, -0.2) is 0 Å². The van der Waals surface area contributed by atoms with Gasteiger partial charge in [-0.1, -0.05) is 175 Å². The fraction of sp³-hybridized carbons (Fsp3) is 0.930. The zero-order valence-corrected chi connectivity index (χ0v) is 34.5. The summed E-state index contributed by atoms with van der Waals surface area (Å²) >= 11 is 0. The van der Waals surface area contributed by atoms with Crippen molar-refractivity contribution in [1.29, 1.82) is 0 Å². The lowest BCUT2D eigenvalue weighted by Gasteiger charge is -2.18. The van der Waals surface area contributed by atoms with Gasteiger partial charge >= 0.3 is 17.9 Å². The summed E-state index contributed by atoms with van der Waals surface area (Å²) in [5.74, 6) is -0.870. The van der Waals surface area contributed by atoms with Crippen molar-refractivity contribution in [2.45, 2.75) is 232 Å². The van der Waals surface area contributed by atoms with Crippen LogP contribution in [0.2, 0.25) is 0 Å². The summed E-state index contributed by atoms with van der Waals surface area (Å²) in [4.78, 5) is 37.3. The molecule has 2 unspecified atom stereocenters. The van der Waals surface area contributed by atoms with E-state index in [4.69, 9.17) is 34.6 Å². The number of hydrogen-bond donors (Lipinski definition) is 4. The summed E-state index contributed by atoms with van der Waals surface area (Å²) in [5.41, 5.74) is 0. The van der Waals surface area contributed by atoms with Crippen LogP contribution in [0, 0.1) is 0 Å². The molecule has 0 spiro atoms. The molecular weight excluding hydrogens is 676 g/mol. The fourth-order valence-electron chi connectivity index (χ4n) is 5.86. The van der Waals surface area contributed by atoms with Gasteiger partial charge in [-0.05, 0) is 19.3 Å². The molecule has 0 heterocycles. The number of rotatable bonds is 38. The molecule has 0 aromatic carbocycles. The van der Waals surface area contributed by atoms with E-state index in [1.807, 2.05) is 0 Å². The maximum Gasteiger partial charge on any atom is 0.306 e. The first kappa shape index (κ1) is 53.4. The quantitative estimate of drug-likeness (QED) is 0.0271. The molecule has 0 radical (unpaired) electrons. The molecule has 316 valence electrons. The standard InChI is InChI=1S/C39H74O6.C4H10O4/c1-4-7-10-13-16-19-22-25-28-31-37(40)43-34-36(45-39(42)33-30-27-24-21-18-15-12-9-6-3)35-44-38(41)32-29-26-23-20-17-14-11-8-5-2;5-1-3(7)4(8)2-6/h36H,4-35H2,1-3H3;3-8H,1-2H2. The second kappa shape index (κ2) is 43.0. The summed E-state index contributed by atoms with van der Waals surface area (Å²) in [6.45, 7) is 5.51. The predicted octanol–water partition coefficient (Wildman–Crippen LogP) is 9.44. The van der Waals surface area contributed by atoms with Crippen LogP contribution in [-0.4, -0.2) is 83.1 Å². The van der Waals surface area contributed by atoms with E-state index in [-0.39, 0.29) is 31.1 Å². The molecule has 4 N–H and O–H groups in total. The summed E-state index contributed by atoms with van der Waals surface area (Å²) in [6.07, 6.45) is 29.9. The molecule has 0 aromatic rings. The van der Waals surface area contributed by atoms with Gasteiger partial charge in [0.1, 0.15) is 25.4 Å². The minimum absolute atomic E-state index is 0.0644. The van der Waals surface area contributed by atoms with Crippen LogP contribution in [0.4, 0.5) is 0 Å². The largest absolute Gasteiger partial charge is 0.462 e. The highest BCUT2D eigenvalue weighted by molar-refractivity contribution is 5.71. The van der Waals surface area contributed by atoms with E-state index in [9.17, 15) is 14.4 Å². The van der Waals surface area contributed by atoms with Gasteiger partial charge in [0.05, 0.1) is 13.2 Å². The van der Waals surface area contributed by atoms with Crippen molar-refractivity contribution in [2.24, 2.45) is 0 Å². The number of aliphatic hydroxyl groups is 4. The van der Waals surface area contributed by atoms with Crippen molar-refractivity contribution in [2.75, 3.05) is 26.4 Å². The predicted molar refractivity (Wildman–Crippen MR) is 214 cm³/mol. The van der Waals surface area contributed by atoms with Crippen LogP contribution in [0.1, 0.15) is 213 Å². The molecule has 0 aromatic heterocycles. The van der Waals surface area contributed by atoms with Crippen LogP contribution < -0.4 is 0 Å². The molecule has 0 rings (SSSR count). The minimum atomic E-state index is -1.22. The van der Waals surface area contributed by atoms with E-state index in [2.05, 4.69) is 20.8 Å². The lowest BCUT2D eigenvalue weighted by Crippen LogP contribution is -2.31. The Hall–Kier alpha value is -1.75. The van der Waals surface area contributed by atoms with Gasteiger partial charge in [0.2, 0.25) is 0 Å². The van der Waals surface area contributed by atoms with E-state index in [1.165, 1.54) is 116 Å². The van der Waals surface area contributed by atoms with E-state index in [1.54, 1.807) is 0 Å². The lowest BCUT2D eigenvalue weighted by molar-refractivity contribution is -0.167. The number of ether oxygens (including phenoxy) is 3.